The molecule has 0 fully saturated rings. The maximum Gasteiger partial charge on any atom is 0.123 e. The van der Waals surface area contributed by atoms with Crippen LogP contribution in [0.3, 0.4) is 0 Å². The summed E-state index contributed by atoms with van der Waals surface area (Å²) in [7, 11) is 0. The third kappa shape index (κ3) is 4.38. The van der Waals surface area contributed by atoms with Gasteiger partial charge in [-0.1, -0.05) is 12.1 Å². The monoisotopic (exact) mass is 323 g/mol. The quantitative estimate of drug-likeness (QED) is 0.657. The van der Waals surface area contributed by atoms with Gasteiger partial charge in [-0.2, -0.15) is 0 Å². The zero-order valence-electron chi connectivity index (χ0n) is 10.3. The smallest absolute Gasteiger partial charge is 0.123 e. The maximum absolute atomic E-state index is 12.8. The summed E-state index contributed by atoms with van der Waals surface area (Å²) < 4.78 is 13.8. The normalized spacial score (nSPS) is 12.4. The molecule has 0 amide bonds. The summed E-state index contributed by atoms with van der Waals surface area (Å²) in [6.07, 6.45) is 3.22. The standard InChI is InChI=1S/C14H15BrFN3/c15-11-3-6-13(18-9-11)8-14(19-17)7-10-1-4-12(16)5-2-10/h1-6,9,14,19H,7-8,17H2. The minimum atomic E-state index is -0.226. The molecule has 0 aliphatic rings. The summed E-state index contributed by atoms with van der Waals surface area (Å²) in [6.45, 7) is 0. The molecule has 1 atom stereocenters. The van der Waals surface area contributed by atoms with Gasteiger partial charge in [-0.05, 0) is 52.2 Å². The first-order valence-electron chi connectivity index (χ1n) is 5.98. The van der Waals surface area contributed by atoms with Gasteiger partial charge < -0.3 is 0 Å². The van der Waals surface area contributed by atoms with E-state index < -0.39 is 0 Å². The van der Waals surface area contributed by atoms with E-state index in [0.29, 0.717) is 0 Å². The number of hydrogen-bond donors (Lipinski definition) is 2. The number of benzene rings is 1. The average molecular weight is 324 g/mol. The zero-order valence-corrected chi connectivity index (χ0v) is 11.9. The molecule has 0 aliphatic heterocycles. The molecule has 2 aromatic rings. The Bertz CT molecular complexity index is 466. The fraction of sp³-hybridized carbons (Fsp3) is 0.214. The molecule has 5 heteroatoms. The first-order valence-corrected chi connectivity index (χ1v) is 6.77. The van der Waals surface area contributed by atoms with Crippen molar-refractivity contribution in [2.24, 2.45) is 5.84 Å². The van der Waals surface area contributed by atoms with Crippen LogP contribution < -0.4 is 11.3 Å². The maximum atomic E-state index is 12.8. The SMILES string of the molecule is NNC(Cc1ccc(F)cc1)Cc1ccc(Br)cn1. The highest BCUT2D eigenvalue weighted by atomic mass is 79.9. The molecule has 0 aliphatic carbocycles. The first-order chi connectivity index (χ1) is 9.17. The van der Waals surface area contributed by atoms with Crippen LogP contribution in [-0.4, -0.2) is 11.0 Å². The molecule has 1 unspecified atom stereocenters. The van der Waals surface area contributed by atoms with Crippen molar-refractivity contribution in [3.63, 3.8) is 0 Å². The number of hydrazine groups is 1. The molecule has 1 aromatic heterocycles. The van der Waals surface area contributed by atoms with Crippen LogP contribution in [0.15, 0.2) is 47.1 Å². The summed E-state index contributed by atoms with van der Waals surface area (Å²) in [5.41, 5.74) is 4.79. The lowest BCUT2D eigenvalue weighted by atomic mass is 10.0. The van der Waals surface area contributed by atoms with E-state index in [1.165, 1.54) is 12.1 Å². The van der Waals surface area contributed by atoms with Crippen LogP contribution in [0.2, 0.25) is 0 Å². The second-order valence-corrected chi connectivity index (χ2v) is 5.28. The van der Waals surface area contributed by atoms with Gasteiger partial charge in [0.1, 0.15) is 5.82 Å². The molecule has 0 saturated heterocycles. The Morgan fingerprint density at radius 1 is 1.16 bits per heavy atom. The third-order valence-corrected chi connectivity index (χ3v) is 3.34. The van der Waals surface area contributed by atoms with E-state index in [0.717, 1.165) is 28.6 Å². The summed E-state index contributed by atoms with van der Waals surface area (Å²) in [4.78, 5) is 4.32. The molecule has 0 spiro atoms. The van der Waals surface area contributed by atoms with Gasteiger partial charge in [-0.15, -0.1) is 0 Å². The van der Waals surface area contributed by atoms with E-state index in [1.807, 2.05) is 12.1 Å². The lowest BCUT2D eigenvalue weighted by Gasteiger charge is -2.15. The molecular formula is C14H15BrFN3. The lowest BCUT2D eigenvalue weighted by Crippen LogP contribution is -2.38. The number of pyridine rings is 1. The third-order valence-electron chi connectivity index (χ3n) is 2.88. The summed E-state index contributed by atoms with van der Waals surface area (Å²) in [5, 5.41) is 0. The summed E-state index contributed by atoms with van der Waals surface area (Å²) in [6, 6.07) is 10.4. The van der Waals surface area contributed by atoms with Crippen molar-refractivity contribution in [2.45, 2.75) is 18.9 Å². The van der Waals surface area contributed by atoms with Crippen molar-refractivity contribution in [3.05, 3.63) is 64.1 Å². The lowest BCUT2D eigenvalue weighted by molar-refractivity contribution is 0.517. The van der Waals surface area contributed by atoms with Crippen LogP contribution in [0.25, 0.3) is 0 Å². The van der Waals surface area contributed by atoms with Crippen molar-refractivity contribution >= 4 is 15.9 Å². The van der Waals surface area contributed by atoms with Gasteiger partial charge in [0, 0.05) is 28.8 Å². The van der Waals surface area contributed by atoms with Gasteiger partial charge in [0.2, 0.25) is 0 Å². The molecule has 1 aromatic carbocycles. The van der Waals surface area contributed by atoms with Crippen molar-refractivity contribution in [1.29, 1.82) is 0 Å². The first kappa shape index (κ1) is 14.1. The Morgan fingerprint density at radius 3 is 2.47 bits per heavy atom. The molecule has 19 heavy (non-hydrogen) atoms. The highest BCUT2D eigenvalue weighted by molar-refractivity contribution is 9.10. The van der Waals surface area contributed by atoms with Crippen molar-refractivity contribution in [3.8, 4) is 0 Å². The molecule has 1 heterocycles. The van der Waals surface area contributed by atoms with E-state index in [4.69, 9.17) is 5.84 Å². The van der Waals surface area contributed by atoms with Crippen LogP contribution in [0, 0.1) is 5.82 Å². The van der Waals surface area contributed by atoms with Crippen LogP contribution in [0.4, 0.5) is 4.39 Å². The molecule has 3 nitrogen and oxygen atoms in total. The highest BCUT2D eigenvalue weighted by Crippen LogP contribution is 2.11. The van der Waals surface area contributed by atoms with E-state index in [-0.39, 0.29) is 11.9 Å². The Labute approximate surface area is 120 Å². The average Bonchev–Trinajstić information content (AvgIpc) is 2.43. The van der Waals surface area contributed by atoms with Gasteiger partial charge in [-0.25, -0.2) is 4.39 Å². The van der Waals surface area contributed by atoms with Crippen LogP contribution in [0.5, 0.6) is 0 Å². The van der Waals surface area contributed by atoms with E-state index >= 15 is 0 Å². The van der Waals surface area contributed by atoms with Crippen LogP contribution in [-0.2, 0) is 12.8 Å². The Hall–Kier alpha value is -1.30. The molecule has 3 N–H and O–H groups in total. The molecule has 0 bridgehead atoms. The summed E-state index contributed by atoms with van der Waals surface area (Å²) >= 11 is 3.35. The van der Waals surface area contributed by atoms with Crippen molar-refractivity contribution in [1.82, 2.24) is 10.4 Å². The Kier molecular flexibility index (Phi) is 5.01. The second kappa shape index (κ2) is 6.75. The number of nitrogens with two attached hydrogens (primary N) is 1. The topological polar surface area (TPSA) is 50.9 Å². The summed E-state index contributed by atoms with van der Waals surface area (Å²) in [5.74, 6) is 5.34. The van der Waals surface area contributed by atoms with Gasteiger partial charge in [0.15, 0.2) is 0 Å². The molecule has 100 valence electrons. The number of aromatic nitrogens is 1. The number of nitrogens with zero attached hydrogens (tertiary/aromatic N) is 1. The predicted molar refractivity (Wildman–Crippen MR) is 76.9 cm³/mol. The fourth-order valence-corrected chi connectivity index (χ4v) is 2.11. The van der Waals surface area contributed by atoms with E-state index in [2.05, 4.69) is 26.3 Å². The van der Waals surface area contributed by atoms with Gasteiger partial charge in [0.05, 0.1) is 0 Å². The van der Waals surface area contributed by atoms with Gasteiger partial charge in [0.25, 0.3) is 0 Å². The van der Waals surface area contributed by atoms with Gasteiger partial charge >= 0.3 is 0 Å². The number of nitrogens with one attached hydrogen (secondary N) is 1. The minimum Gasteiger partial charge on any atom is -0.271 e. The molecule has 0 radical (unpaired) electrons. The predicted octanol–water partition coefficient (Wildman–Crippen LogP) is 2.60. The Balaban J connectivity index is 2.00. The van der Waals surface area contributed by atoms with Gasteiger partial charge in [-0.3, -0.25) is 16.3 Å². The van der Waals surface area contributed by atoms with Crippen molar-refractivity contribution < 1.29 is 4.39 Å². The van der Waals surface area contributed by atoms with E-state index in [9.17, 15) is 4.39 Å². The molecule has 2 rings (SSSR count). The van der Waals surface area contributed by atoms with Crippen molar-refractivity contribution in [2.75, 3.05) is 0 Å². The number of halogens is 2. The number of hydrogen-bond acceptors (Lipinski definition) is 3. The zero-order chi connectivity index (χ0) is 13.7. The molecular weight excluding hydrogens is 309 g/mol. The number of rotatable bonds is 5. The van der Waals surface area contributed by atoms with E-state index in [1.54, 1.807) is 18.3 Å². The Morgan fingerprint density at radius 2 is 1.89 bits per heavy atom. The van der Waals surface area contributed by atoms with Crippen LogP contribution >= 0.6 is 15.9 Å². The van der Waals surface area contributed by atoms with Crippen LogP contribution in [0.1, 0.15) is 11.3 Å². The highest BCUT2D eigenvalue weighted by Gasteiger charge is 2.10. The minimum absolute atomic E-state index is 0.0686. The second-order valence-electron chi connectivity index (χ2n) is 4.37. The fourth-order valence-electron chi connectivity index (χ4n) is 1.87. The largest absolute Gasteiger partial charge is 0.271 e. The molecule has 0 saturated carbocycles.